The number of thiocarbonyl (C=S) groups is 1. The van der Waals surface area contributed by atoms with E-state index in [0.717, 1.165) is 5.56 Å². The molecule has 1 amide bonds. The van der Waals surface area contributed by atoms with Crippen molar-refractivity contribution in [1.82, 2.24) is 10.2 Å². The Hall–Kier alpha value is -1.82. The van der Waals surface area contributed by atoms with Crippen molar-refractivity contribution in [3.63, 3.8) is 0 Å². The van der Waals surface area contributed by atoms with Gasteiger partial charge >= 0.3 is 0 Å². The Morgan fingerprint density at radius 1 is 1.30 bits per heavy atom. The van der Waals surface area contributed by atoms with Crippen molar-refractivity contribution in [2.45, 2.75) is 6.92 Å². The number of halogens is 2. The number of benzene rings is 1. The van der Waals surface area contributed by atoms with E-state index in [-0.39, 0.29) is 5.91 Å². The summed E-state index contributed by atoms with van der Waals surface area (Å²) in [5, 5.41) is 4.34. The molecule has 1 aromatic carbocycles. The summed E-state index contributed by atoms with van der Waals surface area (Å²) in [7, 11) is 0. The number of carbonyl (C=O) groups is 1. The fraction of sp³-hybridized carbons (Fsp3) is 0.125. The summed E-state index contributed by atoms with van der Waals surface area (Å²) < 4.78 is 5.75. The zero-order valence-corrected chi connectivity index (χ0v) is 14.4. The van der Waals surface area contributed by atoms with Gasteiger partial charge in [0.15, 0.2) is 5.11 Å². The Bertz CT molecular complexity index is 829. The van der Waals surface area contributed by atoms with E-state index in [2.05, 4.69) is 5.32 Å². The van der Waals surface area contributed by atoms with E-state index in [4.69, 9.17) is 39.8 Å². The van der Waals surface area contributed by atoms with Crippen LogP contribution in [0.15, 0.2) is 40.4 Å². The number of amides is 1. The normalized spacial score (nSPS) is 16.3. The summed E-state index contributed by atoms with van der Waals surface area (Å²) in [6, 6.07) is 8.73. The van der Waals surface area contributed by atoms with E-state index in [0.29, 0.717) is 38.9 Å². The molecule has 0 atom stereocenters. The summed E-state index contributed by atoms with van der Waals surface area (Å²) in [5.74, 6) is 0.960. The molecule has 0 bridgehead atoms. The zero-order valence-electron chi connectivity index (χ0n) is 12.1. The third-order valence-electron chi connectivity index (χ3n) is 3.39. The van der Waals surface area contributed by atoms with Crippen molar-refractivity contribution >= 4 is 52.5 Å². The second kappa shape index (κ2) is 6.35. The predicted molar refractivity (Wildman–Crippen MR) is 95.3 cm³/mol. The number of likely N-dealkylation sites (N-methyl/N-ethyl adjacent to an activating group) is 1. The average molecular weight is 367 g/mol. The SMILES string of the molecule is CCN1C(=O)C(=Cc2ccc(-c3ccc(Cl)cc3Cl)o2)NC1=S. The Labute approximate surface area is 148 Å². The molecule has 0 saturated carbocycles. The first-order chi connectivity index (χ1) is 11.0. The van der Waals surface area contributed by atoms with Gasteiger partial charge in [-0.2, -0.15) is 0 Å². The molecule has 23 heavy (non-hydrogen) atoms. The van der Waals surface area contributed by atoms with Crippen molar-refractivity contribution < 1.29 is 9.21 Å². The molecule has 1 N–H and O–H groups in total. The van der Waals surface area contributed by atoms with Crippen LogP contribution in [-0.4, -0.2) is 22.5 Å². The van der Waals surface area contributed by atoms with E-state index in [1.165, 1.54) is 4.90 Å². The van der Waals surface area contributed by atoms with Crippen LogP contribution >= 0.6 is 35.4 Å². The average Bonchev–Trinajstić information content (AvgIpc) is 3.05. The number of furan rings is 1. The minimum absolute atomic E-state index is 0.167. The van der Waals surface area contributed by atoms with Crippen molar-refractivity contribution in [3.05, 3.63) is 51.8 Å². The lowest BCUT2D eigenvalue weighted by Crippen LogP contribution is -2.30. The molecule has 1 aliphatic rings. The van der Waals surface area contributed by atoms with E-state index >= 15 is 0 Å². The van der Waals surface area contributed by atoms with Crippen LogP contribution in [0.25, 0.3) is 17.4 Å². The Kier molecular flexibility index (Phi) is 4.43. The standard InChI is InChI=1S/C16H12Cl2N2O2S/c1-2-20-15(21)13(19-16(20)23)8-10-4-6-14(22-10)11-5-3-9(17)7-12(11)18/h3-8H,2H2,1H3,(H,19,23). The zero-order chi connectivity index (χ0) is 16.6. The van der Waals surface area contributed by atoms with E-state index in [1.807, 2.05) is 6.92 Å². The second-order valence-corrected chi connectivity index (χ2v) is 6.09. The maximum atomic E-state index is 12.1. The fourth-order valence-electron chi connectivity index (χ4n) is 2.27. The predicted octanol–water partition coefficient (Wildman–Crippen LogP) is 4.33. The molecule has 118 valence electrons. The van der Waals surface area contributed by atoms with Crippen molar-refractivity contribution in [1.29, 1.82) is 0 Å². The lowest BCUT2D eigenvalue weighted by atomic mass is 10.2. The number of hydrogen-bond acceptors (Lipinski definition) is 3. The third-order valence-corrected chi connectivity index (χ3v) is 4.26. The molecular formula is C16H12Cl2N2O2S. The number of carbonyl (C=O) groups excluding carboxylic acids is 1. The molecule has 1 aromatic heterocycles. The van der Waals surface area contributed by atoms with Gasteiger partial charge in [0.2, 0.25) is 0 Å². The molecule has 1 fully saturated rings. The number of rotatable bonds is 3. The molecule has 7 heteroatoms. The monoisotopic (exact) mass is 366 g/mol. The molecular weight excluding hydrogens is 355 g/mol. The first-order valence-electron chi connectivity index (χ1n) is 6.89. The third kappa shape index (κ3) is 3.13. The summed E-state index contributed by atoms with van der Waals surface area (Å²) in [5.41, 5.74) is 1.12. The lowest BCUT2D eigenvalue weighted by molar-refractivity contribution is -0.122. The highest BCUT2D eigenvalue weighted by Crippen LogP contribution is 2.32. The van der Waals surface area contributed by atoms with Crippen LogP contribution in [0.3, 0.4) is 0 Å². The number of nitrogens with zero attached hydrogens (tertiary/aromatic N) is 1. The van der Waals surface area contributed by atoms with Gasteiger partial charge in [-0.3, -0.25) is 9.69 Å². The maximum Gasteiger partial charge on any atom is 0.276 e. The minimum atomic E-state index is -0.167. The smallest absolute Gasteiger partial charge is 0.276 e. The number of nitrogens with one attached hydrogen (secondary N) is 1. The Morgan fingerprint density at radius 3 is 2.74 bits per heavy atom. The highest BCUT2D eigenvalue weighted by Gasteiger charge is 2.29. The van der Waals surface area contributed by atoms with Crippen molar-refractivity contribution in [2.24, 2.45) is 0 Å². The van der Waals surface area contributed by atoms with Gasteiger partial charge in [-0.25, -0.2) is 0 Å². The first kappa shape index (κ1) is 16.1. The van der Waals surface area contributed by atoms with Crippen LogP contribution < -0.4 is 5.32 Å². The van der Waals surface area contributed by atoms with Crippen LogP contribution in [0.5, 0.6) is 0 Å². The summed E-state index contributed by atoms with van der Waals surface area (Å²) in [4.78, 5) is 13.6. The molecule has 0 radical (unpaired) electrons. The maximum absolute atomic E-state index is 12.1. The van der Waals surface area contributed by atoms with Gasteiger partial charge in [-0.05, 0) is 49.5 Å². The lowest BCUT2D eigenvalue weighted by Gasteiger charge is -2.08. The van der Waals surface area contributed by atoms with Crippen LogP contribution in [-0.2, 0) is 4.79 Å². The summed E-state index contributed by atoms with van der Waals surface area (Å²) >= 11 is 17.2. The van der Waals surface area contributed by atoms with Gasteiger partial charge in [-0.1, -0.05) is 23.2 Å². The Balaban J connectivity index is 1.90. The highest BCUT2D eigenvalue weighted by molar-refractivity contribution is 7.80. The first-order valence-corrected chi connectivity index (χ1v) is 8.06. The van der Waals surface area contributed by atoms with Gasteiger partial charge in [0.05, 0.1) is 5.02 Å². The molecule has 2 aromatic rings. The van der Waals surface area contributed by atoms with Gasteiger partial charge in [0.1, 0.15) is 17.2 Å². The minimum Gasteiger partial charge on any atom is -0.457 e. The topological polar surface area (TPSA) is 45.5 Å². The molecule has 3 rings (SSSR count). The van der Waals surface area contributed by atoms with Crippen LogP contribution in [0, 0.1) is 0 Å². The van der Waals surface area contributed by atoms with Gasteiger partial charge in [0.25, 0.3) is 5.91 Å². The van der Waals surface area contributed by atoms with E-state index in [1.54, 1.807) is 36.4 Å². The second-order valence-electron chi connectivity index (χ2n) is 4.86. The summed E-state index contributed by atoms with van der Waals surface area (Å²) in [6.45, 7) is 2.38. The van der Waals surface area contributed by atoms with Crippen molar-refractivity contribution in [2.75, 3.05) is 6.54 Å². The van der Waals surface area contributed by atoms with Gasteiger partial charge in [-0.15, -0.1) is 0 Å². The van der Waals surface area contributed by atoms with Gasteiger partial charge < -0.3 is 9.73 Å². The van der Waals surface area contributed by atoms with Gasteiger partial charge in [0, 0.05) is 23.2 Å². The van der Waals surface area contributed by atoms with Crippen LogP contribution in [0.1, 0.15) is 12.7 Å². The molecule has 4 nitrogen and oxygen atoms in total. The highest BCUT2D eigenvalue weighted by atomic mass is 35.5. The van der Waals surface area contributed by atoms with Crippen LogP contribution in [0.2, 0.25) is 10.0 Å². The van der Waals surface area contributed by atoms with E-state index < -0.39 is 0 Å². The summed E-state index contributed by atoms with van der Waals surface area (Å²) in [6.07, 6.45) is 1.62. The fourth-order valence-corrected chi connectivity index (χ4v) is 3.09. The molecule has 0 unspecified atom stereocenters. The Morgan fingerprint density at radius 2 is 2.09 bits per heavy atom. The largest absolute Gasteiger partial charge is 0.457 e. The molecule has 1 saturated heterocycles. The molecule has 2 heterocycles. The van der Waals surface area contributed by atoms with Crippen LogP contribution in [0.4, 0.5) is 0 Å². The number of hydrogen-bond donors (Lipinski definition) is 1. The molecule has 0 spiro atoms. The quantitative estimate of drug-likeness (QED) is 0.648. The van der Waals surface area contributed by atoms with Crippen molar-refractivity contribution in [3.8, 4) is 11.3 Å². The molecule has 1 aliphatic heterocycles. The molecule has 0 aliphatic carbocycles. The van der Waals surface area contributed by atoms with E-state index in [9.17, 15) is 4.79 Å².